The summed E-state index contributed by atoms with van der Waals surface area (Å²) in [6.45, 7) is 2.61. The number of methoxy groups -OCH3 is 1. The van der Waals surface area contributed by atoms with E-state index in [1.807, 2.05) is 61.7 Å². The number of nitrogens with zero attached hydrogens (tertiary/aromatic N) is 2. The Hall–Kier alpha value is -3.37. The number of fused-ring (bicyclic) bond motifs is 1. The standard InChI is InChI=1S/C25H21ClN2O2/c1-17-10-11-21(13-23(17)26)27-14-20-16-28(24-9-4-3-8-22(20)24)15-18-6-5-7-19(12-18)25(29)30-2/h3-14,16H,15H2,1-2H3. The molecule has 4 nitrogen and oxygen atoms in total. The van der Waals surface area contributed by atoms with Crippen molar-refractivity contribution < 1.29 is 9.53 Å². The molecule has 0 unspecified atom stereocenters. The molecule has 0 aliphatic carbocycles. The SMILES string of the molecule is COC(=O)c1cccc(Cn2cc(C=Nc3ccc(C)c(Cl)c3)c3ccccc32)c1. The smallest absolute Gasteiger partial charge is 0.337 e. The van der Waals surface area contributed by atoms with Crippen LogP contribution in [0.2, 0.25) is 5.02 Å². The molecule has 0 aliphatic rings. The fourth-order valence-electron chi connectivity index (χ4n) is 3.43. The van der Waals surface area contributed by atoms with E-state index in [2.05, 4.69) is 27.9 Å². The third kappa shape index (κ3) is 4.14. The van der Waals surface area contributed by atoms with Gasteiger partial charge in [-0.25, -0.2) is 4.79 Å². The van der Waals surface area contributed by atoms with Gasteiger partial charge in [0.15, 0.2) is 0 Å². The number of hydrogen-bond donors (Lipinski definition) is 0. The molecule has 5 heteroatoms. The van der Waals surface area contributed by atoms with Crippen LogP contribution in [-0.4, -0.2) is 23.9 Å². The van der Waals surface area contributed by atoms with Crippen LogP contribution in [0, 0.1) is 6.92 Å². The summed E-state index contributed by atoms with van der Waals surface area (Å²) in [6.07, 6.45) is 3.94. The topological polar surface area (TPSA) is 43.6 Å². The van der Waals surface area contributed by atoms with Gasteiger partial charge in [-0.3, -0.25) is 4.99 Å². The lowest BCUT2D eigenvalue weighted by Crippen LogP contribution is -2.03. The zero-order chi connectivity index (χ0) is 21.1. The number of benzene rings is 3. The third-order valence-corrected chi connectivity index (χ3v) is 5.44. The van der Waals surface area contributed by atoms with Crippen LogP contribution in [0.25, 0.3) is 10.9 Å². The number of ether oxygens (including phenoxy) is 1. The molecule has 0 bridgehead atoms. The fourth-order valence-corrected chi connectivity index (χ4v) is 3.60. The van der Waals surface area contributed by atoms with Crippen LogP contribution >= 0.6 is 11.6 Å². The van der Waals surface area contributed by atoms with Crippen molar-refractivity contribution in [2.24, 2.45) is 4.99 Å². The second kappa shape index (κ2) is 8.56. The van der Waals surface area contributed by atoms with E-state index in [-0.39, 0.29) is 5.97 Å². The van der Waals surface area contributed by atoms with Crippen LogP contribution in [0.1, 0.15) is 27.0 Å². The van der Waals surface area contributed by atoms with Gasteiger partial charge in [-0.15, -0.1) is 0 Å². The molecule has 3 aromatic carbocycles. The summed E-state index contributed by atoms with van der Waals surface area (Å²) in [5.74, 6) is -0.334. The van der Waals surface area contributed by atoms with E-state index >= 15 is 0 Å². The molecule has 0 radical (unpaired) electrons. The molecule has 4 rings (SSSR count). The number of halogens is 1. The Bertz CT molecular complexity index is 1260. The summed E-state index contributed by atoms with van der Waals surface area (Å²) in [5, 5.41) is 1.82. The maximum atomic E-state index is 11.8. The molecule has 1 aromatic heterocycles. The molecule has 0 amide bonds. The number of aryl methyl sites for hydroxylation is 1. The number of aliphatic imine (C=N–C) groups is 1. The molecular formula is C25H21ClN2O2. The Labute approximate surface area is 180 Å². The van der Waals surface area contributed by atoms with Gasteiger partial charge >= 0.3 is 5.97 Å². The van der Waals surface area contributed by atoms with Gasteiger partial charge in [0.2, 0.25) is 0 Å². The van der Waals surface area contributed by atoms with E-state index in [1.54, 1.807) is 6.07 Å². The Morgan fingerprint density at radius 3 is 2.73 bits per heavy atom. The van der Waals surface area contributed by atoms with Crippen molar-refractivity contribution in [3.8, 4) is 0 Å². The van der Waals surface area contributed by atoms with Gasteiger partial charge in [0.05, 0.1) is 18.4 Å². The molecule has 0 fully saturated rings. The van der Waals surface area contributed by atoms with Crippen molar-refractivity contribution >= 4 is 40.4 Å². The highest BCUT2D eigenvalue weighted by Crippen LogP contribution is 2.25. The monoisotopic (exact) mass is 416 g/mol. The minimum atomic E-state index is -0.334. The molecule has 150 valence electrons. The Kier molecular flexibility index (Phi) is 5.68. The predicted molar refractivity (Wildman–Crippen MR) is 122 cm³/mol. The quantitative estimate of drug-likeness (QED) is 0.287. The zero-order valence-corrected chi connectivity index (χ0v) is 17.6. The minimum Gasteiger partial charge on any atom is -0.465 e. The van der Waals surface area contributed by atoms with Gasteiger partial charge in [-0.1, -0.05) is 48.0 Å². The number of esters is 1. The fraction of sp³-hybridized carbons (Fsp3) is 0.120. The summed E-state index contributed by atoms with van der Waals surface area (Å²) >= 11 is 6.22. The number of aromatic nitrogens is 1. The average Bonchev–Trinajstić information content (AvgIpc) is 3.11. The predicted octanol–water partition coefficient (Wildman–Crippen LogP) is 6.19. The van der Waals surface area contributed by atoms with Crippen molar-refractivity contribution in [1.29, 1.82) is 0 Å². The van der Waals surface area contributed by atoms with Crippen LogP contribution in [-0.2, 0) is 11.3 Å². The van der Waals surface area contributed by atoms with E-state index in [1.165, 1.54) is 7.11 Å². The highest BCUT2D eigenvalue weighted by molar-refractivity contribution is 6.31. The maximum Gasteiger partial charge on any atom is 0.337 e. The zero-order valence-electron chi connectivity index (χ0n) is 16.8. The lowest BCUT2D eigenvalue weighted by molar-refractivity contribution is 0.0600. The molecular weight excluding hydrogens is 396 g/mol. The summed E-state index contributed by atoms with van der Waals surface area (Å²) in [5.41, 5.74) is 5.53. The van der Waals surface area contributed by atoms with E-state index in [0.29, 0.717) is 17.1 Å². The van der Waals surface area contributed by atoms with E-state index in [0.717, 1.165) is 33.3 Å². The number of para-hydroxylation sites is 1. The molecule has 0 N–H and O–H groups in total. The first-order valence-corrected chi connectivity index (χ1v) is 9.98. The van der Waals surface area contributed by atoms with Crippen LogP contribution in [0.5, 0.6) is 0 Å². The average molecular weight is 417 g/mol. The molecule has 30 heavy (non-hydrogen) atoms. The van der Waals surface area contributed by atoms with E-state index in [9.17, 15) is 4.79 Å². The van der Waals surface area contributed by atoms with E-state index in [4.69, 9.17) is 16.3 Å². The normalized spacial score (nSPS) is 11.3. The molecule has 0 spiro atoms. The molecule has 0 atom stereocenters. The largest absolute Gasteiger partial charge is 0.465 e. The van der Waals surface area contributed by atoms with E-state index < -0.39 is 0 Å². The summed E-state index contributed by atoms with van der Waals surface area (Å²) < 4.78 is 6.99. The number of rotatable bonds is 5. The highest BCUT2D eigenvalue weighted by atomic mass is 35.5. The third-order valence-electron chi connectivity index (χ3n) is 5.03. The Balaban J connectivity index is 1.68. The minimum absolute atomic E-state index is 0.334. The van der Waals surface area contributed by atoms with Gasteiger partial charge in [0.25, 0.3) is 0 Å². The Morgan fingerprint density at radius 2 is 1.93 bits per heavy atom. The van der Waals surface area contributed by atoms with Crippen molar-refractivity contribution in [2.75, 3.05) is 7.11 Å². The van der Waals surface area contributed by atoms with Gasteiger partial charge in [0, 0.05) is 40.4 Å². The van der Waals surface area contributed by atoms with Crippen LogP contribution < -0.4 is 0 Å². The summed E-state index contributed by atoms with van der Waals surface area (Å²) in [6, 6.07) is 21.5. The summed E-state index contributed by atoms with van der Waals surface area (Å²) in [4.78, 5) is 16.5. The van der Waals surface area contributed by atoms with Gasteiger partial charge < -0.3 is 9.30 Å². The molecule has 0 aliphatic heterocycles. The van der Waals surface area contributed by atoms with Crippen molar-refractivity contribution in [3.63, 3.8) is 0 Å². The lowest BCUT2D eigenvalue weighted by atomic mass is 10.1. The first-order chi connectivity index (χ1) is 14.5. The number of hydrogen-bond acceptors (Lipinski definition) is 3. The van der Waals surface area contributed by atoms with Crippen LogP contribution in [0.3, 0.4) is 0 Å². The molecule has 1 heterocycles. The van der Waals surface area contributed by atoms with Gasteiger partial charge in [0.1, 0.15) is 0 Å². The molecule has 0 saturated heterocycles. The molecule has 4 aromatic rings. The number of carbonyl (C=O) groups is 1. The van der Waals surface area contributed by atoms with Crippen molar-refractivity contribution in [2.45, 2.75) is 13.5 Å². The Morgan fingerprint density at radius 1 is 1.10 bits per heavy atom. The lowest BCUT2D eigenvalue weighted by Gasteiger charge is -2.07. The first-order valence-electron chi connectivity index (χ1n) is 9.60. The van der Waals surface area contributed by atoms with Gasteiger partial charge in [-0.2, -0.15) is 0 Å². The maximum absolute atomic E-state index is 11.8. The first kappa shape index (κ1) is 19.9. The van der Waals surface area contributed by atoms with Crippen LogP contribution in [0.15, 0.2) is 77.9 Å². The van der Waals surface area contributed by atoms with Crippen molar-refractivity contribution in [3.05, 3.63) is 100 Å². The highest BCUT2D eigenvalue weighted by Gasteiger charge is 2.10. The second-order valence-electron chi connectivity index (χ2n) is 7.11. The number of carbonyl (C=O) groups excluding carboxylic acids is 1. The summed E-state index contributed by atoms with van der Waals surface area (Å²) in [7, 11) is 1.39. The van der Waals surface area contributed by atoms with Crippen LogP contribution in [0.4, 0.5) is 5.69 Å². The van der Waals surface area contributed by atoms with Gasteiger partial charge in [-0.05, 0) is 48.4 Å². The molecule has 0 saturated carbocycles. The second-order valence-corrected chi connectivity index (χ2v) is 7.52. The van der Waals surface area contributed by atoms with Crippen molar-refractivity contribution in [1.82, 2.24) is 4.57 Å².